The molecule has 0 aliphatic carbocycles. The van der Waals surface area contributed by atoms with Gasteiger partial charge in [-0.15, -0.1) is 0 Å². The van der Waals surface area contributed by atoms with E-state index in [2.05, 4.69) is 10.9 Å². The minimum absolute atomic E-state index is 0.213. The van der Waals surface area contributed by atoms with Crippen LogP contribution in [0.4, 0.5) is 0 Å². The number of hydrogen-bond acceptors (Lipinski definition) is 5. The first-order valence-corrected chi connectivity index (χ1v) is 6.07. The first kappa shape index (κ1) is 16.3. The number of carbonyl (C=O) groups excluding carboxylic acids is 2. The molecule has 0 spiro atoms. The van der Waals surface area contributed by atoms with E-state index in [1.165, 1.54) is 7.11 Å². The fraction of sp³-hybridized carbons (Fsp3) is 0.308. The Kier molecular flexibility index (Phi) is 6.52. The summed E-state index contributed by atoms with van der Waals surface area (Å²) >= 11 is 0. The van der Waals surface area contributed by atoms with E-state index < -0.39 is 17.8 Å². The van der Waals surface area contributed by atoms with Crippen molar-refractivity contribution in [2.24, 2.45) is 0 Å². The Morgan fingerprint density at radius 1 is 1.00 bits per heavy atom. The number of aliphatic carboxylic acids is 1. The lowest BCUT2D eigenvalue weighted by Gasteiger charge is -2.08. The second-order valence-corrected chi connectivity index (χ2v) is 3.95. The highest BCUT2D eigenvalue weighted by molar-refractivity contribution is 5.84. The maximum absolute atomic E-state index is 11.4. The van der Waals surface area contributed by atoms with Crippen LogP contribution in [0.15, 0.2) is 24.3 Å². The van der Waals surface area contributed by atoms with Crippen LogP contribution in [0.2, 0.25) is 0 Å². The molecule has 0 saturated carbocycles. The number of hydrogen-bond donors (Lipinski definition) is 3. The molecule has 0 radical (unpaired) electrons. The summed E-state index contributed by atoms with van der Waals surface area (Å²) in [5.41, 5.74) is 4.21. The summed E-state index contributed by atoms with van der Waals surface area (Å²) in [7, 11) is 1.54. The Morgan fingerprint density at radius 2 is 1.57 bits per heavy atom. The number of carboxylic acids is 1. The SMILES string of the molecule is COc1ccc(OCC(=O)NNC(=O)CCC(=O)O)cc1. The highest BCUT2D eigenvalue weighted by Gasteiger charge is 2.07. The van der Waals surface area contributed by atoms with Crippen molar-refractivity contribution < 1.29 is 29.0 Å². The maximum Gasteiger partial charge on any atom is 0.303 e. The van der Waals surface area contributed by atoms with E-state index in [4.69, 9.17) is 14.6 Å². The normalized spacial score (nSPS) is 9.57. The molecule has 1 aromatic carbocycles. The Morgan fingerprint density at radius 3 is 2.14 bits per heavy atom. The molecule has 3 N–H and O–H groups in total. The smallest absolute Gasteiger partial charge is 0.303 e. The Balaban J connectivity index is 2.24. The molecule has 1 aromatic rings. The van der Waals surface area contributed by atoms with E-state index in [9.17, 15) is 14.4 Å². The Labute approximate surface area is 121 Å². The van der Waals surface area contributed by atoms with E-state index in [-0.39, 0.29) is 19.4 Å². The van der Waals surface area contributed by atoms with E-state index in [1.807, 2.05) is 0 Å². The topological polar surface area (TPSA) is 114 Å². The summed E-state index contributed by atoms with van der Waals surface area (Å²) in [6.07, 6.45) is -0.515. The number of amides is 2. The molecule has 2 amide bonds. The molecule has 0 aromatic heterocycles. The van der Waals surface area contributed by atoms with E-state index in [1.54, 1.807) is 24.3 Å². The van der Waals surface area contributed by atoms with Crippen LogP contribution < -0.4 is 20.3 Å². The summed E-state index contributed by atoms with van der Waals surface area (Å²) in [4.78, 5) is 32.8. The zero-order valence-corrected chi connectivity index (χ0v) is 11.4. The number of carboxylic acid groups (broad SMARTS) is 1. The van der Waals surface area contributed by atoms with Crippen LogP contribution in [0.3, 0.4) is 0 Å². The second-order valence-electron chi connectivity index (χ2n) is 3.95. The zero-order valence-electron chi connectivity index (χ0n) is 11.4. The van der Waals surface area contributed by atoms with Crippen LogP contribution in [0, 0.1) is 0 Å². The van der Waals surface area contributed by atoms with Crippen LogP contribution >= 0.6 is 0 Å². The average molecular weight is 296 g/mol. The molecule has 1 rings (SSSR count). The van der Waals surface area contributed by atoms with Crippen molar-refractivity contribution in [3.8, 4) is 11.5 Å². The van der Waals surface area contributed by atoms with Gasteiger partial charge in [-0.2, -0.15) is 0 Å². The predicted octanol–water partition coefficient (Wildman–Crippen LogP) is 0.0862. The molecule has 21 heavy (non-hydrogen) atoms. The monoisotopic (exact) mass is 296 g/mol. The largest absolute Gasteiger partial charge is 0.497 e. The van der Waals surface area contributed by atoms with Gasteiger partial charge in [-0.3, -0.25) is 25.2 Å². The molecule has 0 saturated heterocycles. The molecule has 0 bridgehead atoms. The van der Waals surface area contributed by atoms with Gasteiger partial charge in [0.05, 0.1) is 13.5 Å². The molecule has 0 aliphatic rings. The van der Waals surface area contributed by atoms with Crippen molar-refractivity contribution in [3.63, 3.8) is 0 Å². The summed E-state index contributed by atoms with van der Waals surface area (Å²) in [6, 6.07) is 6.64. The van der Waals surface area contributed by atoms with Gasteiger partial charge in [-0.05, 0) is 24.3 Å². The lowest BCUT2D eigenvalue weighted by Crippen LogP contribution is -2.43. The molecular weight excluding hydrogens is 280 g/mol. The van der Waals surface area contributed by atoms with Gasteiger partial charge in [-0.25, -0.2) is 0 Å². The van der Waals surface area contributed by atoms with Gasteiger partial charge in [0.25, 0.3) is 5.91 Å². The van der Waals surface area contributed by atoms with Gasteiger partial charge < -0.3 is 14.6 Å². The highest BCUT2D eigenvalue weighted by Crippen LogP contribution is 2.16. The molecule has 0 aliphatic heterocycles. The number of ether oxygens (including phenoxy) is 2. The lowest BCUT2D eigenvalue weighted by atomic mass is 10.3. The van der Waals surface area contributed by atoms with Crippen LogP contribution in [0.1, 0.15) is 12.8 Å². The van der Waals surface area contributed by atoms with E-state index in [0.717, 1.165) is 0 Å². The van der Waals surface area contributed by atoms with E-state index >= 15 is 0 Å². The summed E-state index contributed by atoms with van der Waals surface area (Å²) < 4.78 is 10.2. The number of hydrazine groups is 1. The van der Waals surface area contributed by atoms with Crippen LogP contribution in [-0.4, -0.2) is 36.6 Å². The first-order valence-electron chi connectivity index (χ1n) is 6.07. The number of nitrogens with one attached hydrogen (secondary N) is 2. The molecule has 0 unspecified atom stereocenters. The number of carbonyl (C=O) groups is 3. The zero-order chi connectivity index (χ0) is 15.7. The van der Waals surface area contributed by atoms with Crippen molar-refractivity contribution in [2.75, 3.05) is 13.7 Å². The minimum Gasteiger partial charge on any atom is -0.497 e. The van der Waals surface area contributed by atoms with Gasteiger partial charge >= 0.3 is 5.97 Å². The van der Waals surface area contributed by atoms with Crippen molar-refractivity contribution in [2.45, 2.75) is 12.8 Å². The first-order chi connectivity index (χ1) is 10.0. The molecule has 114 valence electrons. The lowest BCUT2D eigenvalue weighted by molar-refractivity contribution is -0.139. The fourth-order valence-corrected chi connectivity index (χ4v) is 1.28. The summed E-state index contributed by atoms with van der Waals surface area (Å²) in [5, 5.41) is 8.39. The number of rotatable bonds is 7. The van der Waals surface area contributed by atoms with Gasteiger partial charge in [-0.1, -0.05) is 0 Å². The van der Waals surface area contributed by atoms with Crippen LogP contribution in [-0.2, 0) is 14.4 Å². The molecule has 0 heterocycles. The molecular formula is C13H16N2O6. The van der Waals surface area contributed by atoms with Crippen molar-refractivity contribution in [3.05, 3.63) is 24.3 Å². The second kappa shape index (κ2) is 8.41. The van der Waals surface area contributed by atoms with Crippen molar-refractivity contribution in [1.29, 1.82) is 0 Å². The van der Waals surface area contributed by atoms with Gasteiger partial charge in [0.2, 0.25) is 5.91 Å². The quantitative estimate of drug-likeness (QED) is 0.614. The van der Waals surface area contributed by atoms with Gasteiger partial charge in [0.15, 0.2) is 6.61 Å². The number of benzene rings is 1. The summed E-state index contributed by atoms with van der Waals surface area (Å²) in [5.74, 6) is -1.09. The maximum atomic E-state index is 11.4. The molecule has 8 nitrogen and oxygen atoms in total. The Bertz CT molecular complexity index is 500. The van der Waals surface area contributed by atoms with Crippen LogP contribution in [0.25, 0.3) is 0 Å². The van der Waals surface area contributed by atoms with E-state index in [0.29, 0.717) is 11.5 Å². The fourth-order valence-electron chi connectivity index (χ4n) is 1.28. The standard InChI is InChI=1S/C13H16N2O6/c1-20-9-2-4-10(5-3-9)21-8-12(17)15-14-11(16)6-7-13(18)19/h2-5H,6-8H2,1H3,(H,14,16)(H,15,17)(H,18,19). The minimum atomic E-state index is -1.08. The van der Waals surface area contributed by atoms with Crippen LogP contribution in [0.5, 0.6) is 11.5 Å². The Hall–Kier alpha value is -2.77. The third-order valence-electron chi connectivity index (χ3n) is 2.34. The van der Waals surface area contributed by atoms with Crippen molar-refractivity contribution in [1.82, 2.24) is 10.9 Å². The van der Waals surface area contributed by atoms with Gasteiger partial charge in [0.1, 0.15) is 11.5 Å². The average Bonchev–Trinajstić information content (AvgIpc) is 2.49. The third kappa shape index (κ3) is 6.81. The molecule has 0 atom stereocenters. The highest BCUT2D eigenvalue weighted by atomic mass is 16.5. The molecule has 8 heteroatoms. The molecule has 0 fully saturated rings. The predicted molar refractivity (Wildman–Crippen MR) is 71.6 cm³/mol. The van der Waals surface area contributed by atoms with Gasteiger partial charge in [0, 0.05) is 6.42 Å². The summed E-state index contributed by atoms with van der Waals surface area (Å²) in [6.45, 7) is -0.286. The number of methoxy groups -OCH3 is 1. The third-order valence-corrected chi connectivity index (χ3v) is 2.34. The van der Waals surface area contributed by atoms with Crippen molar-refractivity contribution >= 4 is 17.8 Å².